The molecule has 0 saturated heterocycles. The summed E-state index contributed by atoms with van der Waals surface area (Å²) in [5.74, 6) is 0.780. The third-order valence-electron chi connectivity index (χ3n) is 3.16. The maximum atomic E-state index is 11.8. The van der Waals surface area contributed by atoms with Crippen molar-refractivity contribution in [3.8, 4) is 17.2 Å². The van der Waals surface area contributed by atoms with Gasteiger partial charge in [0.05, 0.1) is 23.7 Å². The van der Waals surface area contributed by atoms with Crippen molar-refractivity contribution in [1.29, 1.82) is 0 Å². The van der Waals surface area contributed by atoms with Gasteiger partial charge in [-0.1, -0.05) is 0 Å². The number of rotatable bonds is 6. The zero-order valence-electron chi connectivity index (χ0n) is 14.5. The fourth-order valence-corrected chi connectivity index (χ4v) is 2.73. The highest BCUT2D eigenvalue weighted by molar-refractivity contribution is 7.90. The summed E-state index contributed by atoms with van der Waals surface area (Å²) in [4.78, 5) is 12.0. The summed E-state index contributed by atoms with van der Waals surface area (Å²) in [6.07, 6.45) is 1.06. The van der Waals surface area contributed by atoms with Crippen LogP contribution in [-0.4, -0.2) is 33.9 Å². The van der Waals surface area contributed by atoms with Gasteiger partial charge >= 0.3 is 5.97 Å². The Labute approximate surface area is 147 Å². The van der Waals surface area contributed by atoms with Gasteiger partial charge in [-0.15, -0.1) is 0 Å². The van der Waals surface area contributed by atoms with E-state index in [9.17, 15) is 13.2 Å². The van der Waals surface area contributed by atoms with Gasteiger partial charge in [0.2, 0.25) is 0 Å². The van der Waals surface area contributed by atoms with Crippen LogP contribution in [0, 0.1) is 0 Å². The number of ether oxygens (including phenoxy) is 3. The minimum absolute atomic E-state index is 0.0743. The lowest BCUT2D eigenvalue weighted by atomic mass is 10.2. The highest BCUT2D eigenvalue weighted by Gasteiger charge is 2.13. The first-order chi connectivity index (χ1) is 11.7. The second-order valence-corrected chi connectivity index (χ2v) is 7.71. The molecule has 0 N–H and O–H groups in total. The smallest absolute Gasteiger partial charge is 0.338 e. The molecular weight excluding hydrogens is 344 g/mol. The lowest BCUT2D eigenvalue weighted by molar-refractivity contribution is 0.0599. The summed E-state index contributed by atoms with van der Waals surface area (Å²) in [5.41, 5.74) is 0.295. The van der Waals surface area contributed by atoms with Crippen molar-refractivity contribution in [1.82, 2.24) is 0 Å². The minimum Gasteiger partial charge on any atom is -0.491 e. The van der Waals surface area contributed by atoms with Crippen molar-refractivity contribution in [2.75, 3.05) is 13.4 Å². The van der Waals surface area contributed by atoms with Crippen molar-refractivity contribution >= 4 is 15.8 Å². The van der Waals surface area contributed by atoms with E-state index in [2.05, 4.69) is 0 Å². The zero-order chi connectivity index (χ0) is 18.6. The Bertz CT molecular complexity index is 854. The van der Waals surface area contributed by atoms with E-state index in [-0.39, 0.29) is 11.0 Å². The van der Waals surface area contributed by atoms with Gasteiger partial charge in [-0.05, 0) is 50.2 Å². The fourth-order valence-electron chi connectivity index (χ4n) is 2.10. The second kappa shape index (κ2) is 7.57. The topological polar surface area (TPSA) is 78.9 Å². The van der Waals surface area contributed by atoms with Crippen LogP contribution < -0.4 is 9.47 Å². The number of hydrogen-bond acceptors (Lipinski definition) is 6. The number of methoxy groups -OCH3 is 1. The number of hydrogen-bond donors (Lipinski definition) is 0. The summed E-state index contributed by atoms with van der Waals surface area (Å²) in [6, 6.07) is 10.8. The maximum absolute atomic E-state index is 11.8. The second-order valence-electron chi connectivity index (χ2n) is 5.70. The van der Waals surface area contributed by atoms with Gasteiger partial charge in [0, 0.05) is 12.3 Å². The summed E-state index contributed by atoms with van der Waals surface area (Å²) in [7, 11) is -1.98. The highest BCUT2D eigenvalue weighted by Crippen LogP contribution is 2.29. The van der Waals surface area contributed by atoms with Crippen molar-refractivity contribution in [3.63, 3.8) is 0 Å². The molecule has 25 heavy (non-hydrogen) atoms. The summed E-state index contributed by atoms with van der Waals surface area (Å²) >= 11 is 0. The third-order valence-corrected chi connectivity index (χ3v) is 4.29. The molecule has 2 aromatic carbocycles. The Morgan fingerprint density at radius 2 is 1.56 bits per heavy atom. The Morgan fingerprint density at radius 3 is 2.08 bits per heavy atom. The van der Waals surface area contributed by atoms with Gasteiger partial charge in [-0.25, -0.2) is 13.2 Å². The Kier molecular flexibility index (Phi) is 5.69. The molecule has 0 heterocycles. The number of benzene rings is 2. The first-order valence-corrected chi connectivity index (χ1v) is 9.46. The van der Waals surface area contributed by atoms with Crippen LogP contribution >= 0.6 is 0 Å². The predicted molar refractivity (Wildman–Crippen MR) is 93.2 cm³/mol. The van der Waals surface area contributed by atoms with Crippen molar-refractivity contribution in [3.05, 3.63) is 48.0 Å². The van der Waals surface area contributed by atoms with Gasteiger partial charge in [0.25, 0.3) is 0 Å². The van der Waals surface area contributed by atoms with Crippen LogP contribution in [-0.2, 0) is 14.6 Å². The van der Waals surface area contributed by atoms with E-state index < -0.39 is 15.8 Å². The van der Waals surface area contributed by atoms with Crippen molar-refractivity contribution < 1.29 is 27.4 Å². The van der Waals surface area contributed by atoms with Crippen LogP contribution in [0.25, 0.3) is 0 Å². The molecule has 0 atom stereocenters. The number of esters is 1. The quantitative estimate of drug-likeness (QED) is 0.731. The third kappa shape index (κ3) is 5.22. The lowest BCUT2D eigenvalue weighted by Gasteiger charge is -2.13. The summed E-state index contributed by atoms with van der Waals surface area (Å²) in [6.45, 7) is 3.74. The van der Waals surface area contributed by atoms with E-state index >= 15 is 0 Å². The van der Waals surface area contributed by atoms with Gasteiger partial charge in [-0.2, -0.15) is 0 Å². The number of carbonyl (C=O) groups excluding carboxylic acids is 1. The molecule has 0 fully saturated rings. The molecule has 0 spiro atoms. The van der Waals surface area contributed by atoms with E-state index in [4.69, 9.17) is 14.2 Å². The van der Waals surface area contributed by atoms with Gasteiger partial charge in [0.1, 0.15) is 17.2 Å². The normalized spacial score (nSPS) is 11.2. The molecular formula is C18H20O6S. The Morgan fingerprint density at radius 1 is 0.960 bits per heavy atom. The fraction of sp³-hybridized carbons (Fsp3) is 0.278. The Hall–Kier alpha value is -2.54. The van der Waals surface area contributed by atoms with E-state index in [1.807, 2.05) is 13.8 Å². The van der Waals surface area contributed by atoms with Crippen LogP contribution in [0.1, 0.15) is 24.2 Å². The molecule has 0 saturated carbocycles. The van der Waals surface area contributed by atoms with Crippen LogP contribution in [0.5, 0.6) is 17.2 Å². The number of sulfone groups is 1. The minimum atomic E-state index is -3.27. The molecule has 0 bridgehead atoms. The van der Waals surface area contributed by atoms with E-state index in [0.717, 1.165) is 6.26 Å². The van der Waals surface area contributed by atoms with Crippen molar-refractivity contribution in [2.45, 2.75) is 24.8 Å². The van der Waals surface area contributed by atoms with E-state index in [1.54, 1.807) is 24.3 Å². The predicted octanol–water partition coefficient (Wildman–Crippen LogP) is 3.46. The monoisotopic (exact) mass is 364 g/mol. The molecule has 0 aliphatic carbocycles. The Balaban J connectivity index is 2.32. The average molecular weight is 364 g/mol. The molecule has 0 radical (unpaired) electrons. The summed E-state index contributed by atoms with van der Waals surface area (Å²) < 4.78 is 39.1. The maximum Gasteiger partial charge on any atom is 0.338 e. The zero-order valence-corrected chi connectivity index (χ0v) is 15.3. The molecule has 0 aliphatic heterocycles. The SMILES string of the molecule is COC(=O)c1cc(Oc2ccc(S(C)(=O)=O)cc2)cc(OC(C)C)c1. The van der Waals surface area contributed by atoms with E-state index in [1.165, 1.54) is 25.3 Å². The first kappa shape index (κ1) is 18.8. The van der Waals surface area contributed by atoms with Crippen LogP contribution in [0.2, 0.25) is 0 Å². The molecule has 134 valence electrons. The molecule has 2 rings (SSSR count). The largest absolute Gasteiger partial charge is 0.491 e. The van der Waals surface area contributed by atoms with Gasteiger partial charge < -0.3 is 14.2 Å². The molecule has 6 nitrogen and oxygen atoms in total. The lowest BCUT2D eigenvalue weighted by Crippen LogP contribution is -2.07. The molecule has 2 aromatic rings. The molecule has 7 heteroatoms. The molecule has 0 amide bonds. The van der Waals surface area contributed by atoms with Crippen molar-refractivity contribution in [2.24, 2.45) is 0 Å². The molecule has 0 unspecified atom stereocenters. The van der Waals surface area contributed by atoms with Crippen LogP contribution in [0.15, 0.2) is 47.4 Å². The standard InChI is InChI=1S/C18H20O6S/c1-12(2)23-15-9-13(18(19)22-3)10-16(11-15)24-14-5-7-17(8-6-14)25(4,20)21/h5-12H,1-4H3. The molecule has 0 aliphatic rings. The van der Waals surface area contributed by atoms with Gasteiger partial charge in [-0.3, -0.25) is 0 Å². The number of carbonyl (C=O) groups is 1. The highest BCUT2D eigenvalue weighted by atomic mass is 32.2. The summed E-state index contributed by atoms with van der Waals surface area (Å²) in [5, 5.41) is 0. The van der Waals surface area contributed by atoms with Gasteiger partial charge in [0.15, 0.2) is 9.84 Å². The van der Waals surface area contributed by atoms with Crippen LogP contribution in [0.4, 0.5) is 0 Å². The first-order valence-electron chi connectivity index (χ1n) is 7.57. The molecule has 0 aromatic heterocycles. The van der Waals surface area contributed by atoms with E-state index in [0.29, 0.717) is 22.8 Å². The average Bonchev–Trinajstić information content (AvgIpc) is 2.53. The van der Waals surface area contributed by atoms with Crippen LogP contribution in [0.3, 0.4) is 0 Å².